The van der Waals surface area contributed by atoms with Crippen molar-refractivity contribution in [1.29, 1.82) is 0 Å². The first-order valence-electron chi connectivity index (χ1n) is 4.79. The van der Waals surface area contributed by atoms with Crippen LogP contribution in [0.1, 0.15) is 18.9 Å². The van der Waals surface area contributed by atoms with Crippen LogP contribution in [-0.2, 0) is 9.53 Å². The molecule has 0 radical (unpaired) electrons. The van der Waals surface area contributed by atoms with E-state index in [1.807, 2.05) is 30.3 Å². The van der Waals surface area contributed by atoms with Gasteiger partial charge in [0.25, 0.3) is 12.4 Å². The lowest BCUT2D eigenvalue weighted by Crippen LogP contribution is -1.97. The summed E-state index contributed by atoms with van der Waals surface area (Å²) in [6.45, 7) is 2.02. The van der Waals surface area contributed by atoms with E-state index >= 15 is 0 Å². The Morgan fingerprint density at radius 2 is 2.06 bits per heavy atom. The molecule has 0 saturated heterocycles. The average molecular weight is 218 g/mol. The number of carbonyl (C=O) groups excluding carboxylic acids is 1. The minimum absolute atomic E-state index is 0.283. The number of ether oxygens (including phenoxy) is 1. The highest BCUT2D eigenvalue weighted by molar-refractivity contribution is 5.51. The quantitative estimate of drug-likeness (QED) is 0.734. The topological polar surface area (TPSA) is 65.2 Å². The van der Waals surface area contributed by atoms with Gasteiger partial charge in [-0.1, -0.05) is 18.2 Å². The molecule has 0 aliphatic heterocycles. The minimum atomic E-state index is -0.525. The fraction of sp³-hybridized carbons (Fsp3) is 0.182. The fourth-order valence-corrected chi connectivity index (χ4v) is 1.24. The number of hydrogen-bond donors (Lipinski definition) is 0. The third kappa shape index (κ3) is 2.08. The summed E-state index contributed by atoms with van der Waals surface area (Å²) in [5.41, 5.74) is 0.833. The summed E-state index contributed by atoms with van der Waals surface area (Å²) in [6.07, 6.45) is -0.525. The number of aromatic nitrogens is 2. The third-order valence-corrected chi connectivity index (χ3v) is 2.07. The molecule has 0 N–H and O–H groups in total. The zero-order valence-electron chi connectivity index (χ0n) is 8.66. The van der Waals surface area contributed by atoms with Crippen LogP contribution in [0.5, 0.6) is 0 Å². The molecular formula is C11H10N2O3. The van der Waals surface area contributed by atoms with Crippen molar-refractivity contribution in [3.05, 3.63) is 36.2 Å². The molecular weight excluding hydrogens is 208 g/mol. The van der Waals surface area contributed by atoms with Crippen LogP contribution in [0, 0.1) is 0 Å². The molecule has 0 amide bonds. The van der Waals surface area contributed by atoms with Gasteiger partial charge in [-0.3, -0.25) is 4.79 Å². The highest BCUT2D eigenvalue weighted by atomic mass is 16.5. The summed E-state index contributed by atoms with van der Waals surface area (Å²) in [5, 5.41) is 7.69. The summed E-state index contributed by atoms with van der Waals surface area (Å²) in [4.78, 5) is 10.2. The molecule has 0 saturated carbocycles. The zero-order valence-corrected chi connectivity index (χ0v) is 8.66. The molecule has 1 unspecified atom stereocenters. The van der Waals surface area contributed by atoms with Crippen molar-refractivity contribution in [3.8, 4) is 11.5 Å². The zero-order chi connectivity index (χ0) is 11.4. The predicted molar refractivity (Wildman–Crippen MR) is 55.3 cm³/mol. The Kier molecular flexibility index (Phi) is 2.95. The van der Waals surface area contributed by atoms with E-state index in [4.69, 9.17) is 9.15 Å². The Hall–Kier alpha value is -2.17. The van der Waals surface area contributed by atoms with Crippen molar-refractivity contribution in [3.63, 3.8) is 0 Å². The van der Waals surface area contributed by atoms with Crippen molar-refractivity contribution in [2.45, 2.75) is 13.0 Å². The van der Waals surface area contributed by atoms with Crippen molar-refractivity contribution >= 4 is 6.47 Å². The third-order valence-electron chi connectivity index (χ3n) is 2.07. The summed E-state index contributed by atoms with van der Waals surface area (Å²) >= 11 is 0. The van der Waals surface area contributed by atoms with Gasteiger partial charge < -0.3 is 9.15 Å². The minimum Gasteiger partial charge on any atom is -0.455 e. The van der Waals surface area contributed by atoms with Gasteiger partial charge in [0.1, 0.15) is 0 Å². The molecule has 2 aromatic rings. The molecule has 1 aromatic carbocycles. The summed E-state index contributed by atoms with van der Waals surface area (Å²) in [7, 11) is 0. The summed E-state index contributed by atoms with van der Waals surface area (Å²) in [5.74, 6) is 0.697. The molecule has 82 valence electrons. The maximum Gasteiger partial charge on any atom is 0.293 e. The standard InChI is InChI=1S/C11H10N2O3/c1-8(15-7-14)10-12-13-11(16-10)9-5-3-2-4-6-9/h2-8H,1H3. The Labute approximate surface area is 92.1 Å². The van der Waals surface area contributed by atoms with Gasteiger partial charge in [0.05, 0.1) is 0 Å². The second-order valence-electron chi connectivity index (χ2n) is 3.19. The van der Waals surface area contributed by atoms with Crippen LogP contribution < -0.4 is 0 Å². The molecule has 0 spiro atoms. The number of benzene rings is 1. The highest BCUT2D eigenvalue weighted by Crippen LogP contribution is 2.21. The molecule has 1 heterocycles. The van der Waals surface area contributed by atoms with Crippen LogP contribution in [0.15, 0.2) is 34.7 Å². The second-order valence-corrected chi connectivity index (χ2v) is 3.19. The molecule has 5 heteroatoms. The Morgan fingerprint density at radius 1 is 1.31 bits per heavy atom. The van der Waals surface area contributed by atoms with Gasteiger partial charge >= 0.3 is 0 Å². The fourth-order valence-electron chi connectivity index (χ4n) is 1.24. The van der Waals surface area contributed by atoms with Crippen LogP contribution in [0.4, 0.5) is 0 Å². The molecule has 0 aliphatic rings. The molecule has 1 atom stereocenters. The number of carbonyl (C=O) groups is 1. The smallest absolute Gasteiger partial charge is 0.293 e. The lowest BCUT2D eigenvalue weighted by atomic mass is 10.2. The van der Waals surface area contributed by atoms with E-state index in [2.05, 4.69) is 10.2 Å². The highest BCUT2D eigenvalue weighted by Gasteiger charge is 2.15. The SMILES string of the molecule is CC(OC=O)c1nnc(-c2ccccc2)o1. The van der Waals surface area contributed by atoms with E-state index < -0.39 is 6.10 Å². The molecule has 0 aliphatic carbocycles. The van der Waals surface area contributed by atoms with E-state index in [0.717, 1.165) is 5.56 Å². The van der Waals surface area contributed by atoms with Gasteiger partial charge in [0.2, 0.25) is 5.89 Å². The van der Waals surface area contributed by atoms with Gasteiger partial charge in [-0.15, -0.1) is 10.2 Å². The lowest BCUT2D eigenvalue weighted by molar-refractivity contribution is -0.134. The lowest BCUT2D eigenvalue weighted by Gasteiger charge is -2.01. The van der Waals surface area contributed by atoms with Gasteiger partial charge in [-0.25, -0.2) is 0 Å². The predicted octanol–water partition coefficient (Wildman–Crippen LogP) is 1.97. The van der Waals surface area contributed by atoms with Crippen LogP contribution in [0.2, 0.25) is 0 Å². The van der Waals surface area contributed by atoms with Crippen LogP contribution in [0.25, 0.3) is 11.5 Å². The van der Waals surface area contributed by atoms with Gasteiger partial charge in [0, 0.05) is 5.56 Å². The van der Waals surface area contributed by atoms with Crippen LogP contribution >= 0.6 is 0 Å². The molecule has 0 fully saturated rings. The maximum absolute atomic E-state index is 10.2. The molecule has 0 bridgehead atoms. The van der Waals surface area contributed by atoms with Crippen molar-refractivity contribution < 1.29 is 13.9 Å². The number of rotatable bonds is 4. The van der Waals surface area contributed by atoms with Crippen LogP contribution in [0.3, 0.4) is 0 Å². The molecule has 1 aromatic heterocycles. The van der Waals surface area contributed by atoms with E-state index in [0.29, 0.717) is 12.4 Å². The van der Waals surface area contributed by atoms with Crippen molar-refractivity contribution in [1.82, 2.24) is 10.2 Å². The first-order chi connectivity index (χ1) is 7.81. The first kappa shape index (κ1) is 10.4. The largest absolute Gasteiger partial charge is 0.455 e. The van der Waals surface area contributed by atoms with Gasteiger partial charge in [-0.2, -0.15) is 0 Å². The normalized spacial score (nSPS) is 12.1. The maximum atomic E-state index is 10.2. The Bertz CT molecular complexity index is 467. The van der Waals surface area contributed by atoms with E-state index in [9.17, 15) is 4.79 Å². The molecule has 16 heavy (non-hydrogen) atoms. The summed E-state index contributed by atoms with van der Waals surface area (Å²) < 4.78 is 10.1. The van der Waals surface area contributed by atoms with Crippen molar-refractivity contribution in [2.24, 2.45) is 0 Å². The monoisotopic (exact) mass is 218 g/mol. The number of hydrogen-bond acceptors (Lipinski definition) is 5. The van der Waals surface area contributed by atoms with Gasteiger partial charge in [-0.05, 0) is 19.1 Å². The molecule has 2 rings (SSSR count). The van der Waals surface area contributed by atoms with E-state index in [1.54, 1.807) is 6.92 Å². The van der Waals surface area contributed by atoms with Gasteiger partial charge in [0.15, 0.2) is 6.10 Å². The molecule has 5 nitrogen and oxygen atoms in total. The Balaban J connectivity index is 2.23. The number of nitrogens with zero attached hydrogens (tertiary/aromatic N) is 2. The Morgan fingerprint density at radius 3 is 2.75 bits per heavy atom. The summed E-state index contributed by atoms with van der Waals surface area (Å²) in [6, 6.07) is 9.39. The first-order valence-corrected chi connectivity index (χ1v) is 4.79. The van der Waals surface area contributed by atoms with E-state index in [1.165, 1.54) is 0 Å². The average Bonchev–Trinajstić information content (AvgIpc) is 2.80. The van der Waals surface area contributed by atoms with Crippen LogP contribution in [-0.4, -0.2) is 16.7 Å². The van der Waals surface area contributed by atoms with E-state index in [-0.39, 0.29) is 5.89 Å². The second kappa shape index (κ2) is 4.57. The van der Waals surface area contributed by atoms with Crippen molar-refractivity contribution in [2.75, 3.05) is 0 Å².